The molecule has 30 heavy (non-hydrogen) atoms. The molecule has 1 N–H and O–H groups in total. The van der Waals surface area contributed by atoms with Crippen LogP contribution in [-0.4, -0.2) is 56.3 Å². The van der Waals surface area contributed by atoms with Crippen LogP contribution in [0.2, 0.25) is 0 Å². The fourth-order valence-electron chi connectivity index (χ4n) is 3.54. The third-order valence-electron chi connectivity index (χ3n) is 4.98. The van der Waals surface area contributed by atoms with E-state index in [1.54, 1.807) is 43.0 Å². The van der Waals surface area contributed by atoms with Crippen LogP contribution < -0.4 is 4.72 Å². The highest BCUT2D eigenvalue weighted by Gasteiger charge is 2.22. The molecule has 0 bridgehead atoms. The molecule has 1 fully saturated rings. The van der Waals surface area contributed by atoms with E-state index in [1.807, 2.05) is 0 Å². The number of amides is 1. The number of hydrogen-bond acceptors (Lipinski definition) is 4. The molecule has 0 saturated carbocycles. The number of rotatable bonds is 6. The summed E-state index contributed by atoms with van der Waals surface area (Å²) >= 11 is 0. The van der Waals surface area contributed by atoms with Gasteiger partial charge in [0, 0.05) is 44.3 Å². The molecule has 162 valence electrons. The summed E-state index contributed by atoms with van der Waals surface area (Å²) in [7, 11) is -3.66. The van der Waals surface area contributed by atoms with Crippen molar-refractivity contribution in [2.75, 3.05) is 26.2 Å². The minimum Gasteiger partial charge on any atom is -0.337 e. The van der Waals surface area contributed by atoms with Crippen LogP contribution in [0.3, 0.4) is 0 Å². The van der Waals surface area contributed by atoms with Gasteiger partial charge in [-0.2, -0.15) is 0 Å². The normalized spacial score (nSPS) is 15.9. The lowest BCUT2D eigenvalue weighted by atomic mass is 10.2. The first kappa shape index (κ1) is 22.4. The van der Waals surface area contributed by atoms with Gasteiger partial charge in [0.05, 0.1) is 4.90 Å². The number of benzene rings is 2. The lowest BCUT2D eigenvalue weighted by Gasteiger charge is -2.22. The van der Waals surface area contributed by atoms with Crippen molar-refractivity contribution < 1.29 is 17.6 Å². The molecular formula is C22H28FN3O3S. The van der Waals surface area contributed by atoms with Crippen molar-refractivity contribution in [2.24, 2.45) is 0 Å². The summed E-state index contributed by atoms with van der Waals surface area (Å²) < 4.78 is 40.5. The van der Waals surface area contributed by atoms with Gasteiger partial charge in [-0.3, -0.25) is 9.69 Å². The molecular weight excluding hydrogens is 405 g/mol. The summed E-state index contributed by atoms with van der Waals surface area (Å²) in [4.78, 5) is 17.1. The maximum atomic E-state index is 13.1. The number of sulfonamides is 1. The first-order valence-corrected chi connectivity index (χ1v) is 11.6. The van der Waals surface area contributed by atoms with Crippen molar-refractivity contribution >= 4 is 15.9 Å². The maximum Gasteiger partial charge on any atom is 0.253 e. The number of nitrogens with one attached hydrogen (secondary N) is 1. The Bertz CT molecular complexity index is 977. The van der Waals surface area contributed by atoms with Crippen LogP contribution in [0.15, 0.2) is 53.4 Å². The van der Waals surface area contributed by atoms with Crippen molar-refractivity contribution in [2.45, 2.75) is 37.8 Å². The summed E-state index contributed by atoms with van der Waals surface area (Å²) in [6.07, 6.45) is 0.819. The lowest BCUT2D eigenvalue weighted by molar-refractivity contribution is 0.0761. The molecule has 0 aliphatic carbocycles. The van der Waals surface area contributed by atoms with Crippen LogP contribution in [0, 0.1) is 5.82 Å². The highest BCUT2D eigenvalue weighted by molar-refractivity contribution is 7.89. The van der Waals surface area contributed by atoms with E-state index in [4.69, 9.17) is 0 Å². The van der Waals surface area contributed by atoms with Crippen LogP contribution >= 0.6 is 0 Å². The average Bonchev–Trinajstić information content (AvgIpc) is 2.94. The molecule has 0 spiro atoms. The summed E-state index contributed by atoms with van der Waals surface area (Å²) in [5.41, 5.74) is 1.40. The molecule has 0 radical (unpaired) electrons. The minimum atomic E-state index is -3.66. The molecule has 0 unspecified atom stereocenters. The smallest absolute Gasteiger partial charge is 0.253 e. The number of nitrogens with zero attached hydrogens (tertiary/aromatic N) is 2. The Morgan fingerprint density at radius 2 is 1.80 bits per heavy atom. The van der Waals surface area contributed by atoms with Crippen molar-refractivity contribution in [3.8, 4) is 0 Å². The molecule has 6 nitrogen and oxygen atoms in total. The summed E-state index contributed by atoms with van der Waals surface area (Å²) in [6.45, 7) is 6.92. The molecule has 1 amide bonds. The van der Waals surface area contributed by atoms with E-state index in [-0.39, 0.29) is 22.7 Å². The van der Waals surface area contributed by atoms with Gasteiger partial charge in [-0.05, 0) is 56.2 Å². The fourth-order valence-corrected chi connectivity index (χ4v) is 4.83. The van der Waals surface area contributed by atoms with Gasteiger partial charge in [0.15, 0.2) is 0 Å². The van der Waals surface area contributed by atoms with E-state index in [9.17, 15) is 17.6 Å². The summed E-state index contributed by atoms with van der Waals surface area (Å²) in [5, 5.41) is 0. The highest BCUT2D eigenvalue weighted by atomic mass is 32.2. The van der Waals surface area contributed by atoms with Crippen LogP contribution in [0.25, 0.3) is 0 Å². The van der Waals surface area contributed by atoms with Gasteiger partial charge in [-0.1, -0.05) is 18.2 Å². The highest BCUT2D eigenvalue weighted by Crippen LogP contribution is 2.16. The maximum absolute atomic E-state index is 13.1. The molecule has 3 rings (SSSR count). The predicted octanol–water partition coefficient (Wildman–Crippen LogP) is 2.86. The Kier molecular flexibility index (Phi) is 7.23. The van der Waals surface area contributed by atoms with E-state index < -0.39 is 10.0 Å². The Morgan fingerprint density at radius 3 is 2.50 bits per heavy atom. The Balaban J connectivity index is 1.66. The first-order valence-electron chi connectivity index (χ1n) is 10.1. The van der Waals surface area contributed by atoms with Gasteiger partial charge in [0.2, 0.25) is 10.0 Å². The van der Waals surface area contributed by atoms with Crippen LogP contribution in [0.4, 0.5) is 4.39 Å². The Morgan fingerprint density at radius 1 is 1.07 bits per heavy atom. The van der Waals surface area contributed by atoms with Gasteiger partial charge in [-0.25, -0.2) is 17.5 Å². The van der Waals surface area contributed by atoms with E-state index in [1.165, 1.54) is 24.3 Å². The topological polar surface area (TPSA) is 69.7 Å². The third-order valence-corrected chi connectivity index (χ3v) is 6.63. The second kappa shape index (κ2) is 9.68. The lowest BCUT2D eigenvalue weighted by Crippen LogP contribution is -2.35. The standard InChI is InChI=1S/C22H28FN3O3S/c1-17(2)24-30(28,29)21-6-3-5-19(15-21)22(27)26-12-4-11-25(13-14-26)16-18-7-9-20(23)10-8-18/h3,5-10,15,17,24H,4,11-14,16H2,1-2H3. The molecule has 1 aliphatic heterocycles. The zero-order valence-corrected chi connectivity index (χ0v) is 18.2. The van der Waals surface area contributed by atoms with Gasteiger partial charge < -0.3 is 4.90 Å². The van der Waals surface area contributed by atoms with Crippen molar-refractivity contribution in [1.29, 1.82) is 0 Å². The van der Waals surface area contributed by atoms with Crippen molar-refractivity contribution in [1.82, 2.24) is 14.5 Å². The number of carbonyl (C=O) groups excluding carboxylic acids is 1. The molecule has 0 aromatic heterocycles. The Labute approximate surface area is 177 Å². The number of hydrogen-bond donors (Lipinski definition) is 1. The number of carbonyl (C=O) groups is 1. The van der Waals surface area contributed by atoms with Crippen LogP contribution in [0.5, 0.6) is 0 Å². The molecule has 8 heteroatoms. The molecule has 0 atom stereocenters. The molecule has 2 aromatic carbocycles. The minimum absolute atomic E-state index is 0.0924. The van der Waals surface area contributed by atoms with Crippen molar-refractivity contribution in [3.05, 3.63) is 65.5 Å². The quantitative estimate of drug-likeness (QED) is 0.761. The molecule has 1 heterocycles. The van der Waals surface area contributed by atoms with E-state index in [0.29, 0.717) is 31.7 Å². The first-order chi connectivity index (χ1) is 14.2. The second-order valence-corrected chi connectivity index (χ2v) is 9.57. The zero-order chi connectivity index (χ0) is 21.7. The van der Waals surface area contributed by atoms with Gasteiger partial charge >= 0.3 is 0 Å². The largest absolute Gasteiger partial charge is 0.337 e. The van der Waals surface area contributed by atoms with Gasteiger partial charge in [0.1, 0.15) is 5.82 Å². The summed E-state index contributed by atoms with van der Waals surface area (Å²) in [5.74, 6) is -0.417. The molecule has 2 aromatic rings. The molecule has 1 saturated heterocycles. The zero-order valence-electron chi connectivity index (χ0n) is 17.3. The summed E-state index contributed by atoms with van der Waals surface area (Å²) in [6, 6.07) is 12.4. The van der Waals surface area contributed by atoms with Gasteiger partial charge in [0.25, 0.3) is 5.91 Å². The monoisotopic (exact) mass is 433 g/mol. The van der Waals surface area contributed by atoms with Crippen LogP contribution in [0.1, 0.15) is 36.2 Å². The third kappa shape index (κ3) is 5.87. The van der Waals surface area contributed by atoms with E-state index >= 15 is 0 Å². The van der Waals surface area contributed by atoms with E-state index in [2.05, 4.69) is 9.62 Å². The van der Waals surface area contributed by atoms with Crippen LogP contribution in [-0.2, 0) is 16.6 Å². The second-order valence-electron chi connectivity index (χ2n) is 7.85. The fraction of sp³-hybridized carbons (Fsp3) is 0.409. The van der Waals surface area contributed by atoms with Gasteiger partial charge in [-0.15, -0.1) is 0 Å². The number of halogens is 1. The van der Waals surface area contributed by atoms with Crippen molar-refractivity contribution in [3.63, 3.8) is 0 Å². The Hall–Kier alpha value is -2.29. The average molecular weight is 434 g/mol. The molecule has 1 aliphatic rings. The predicted molar refractivity (Wildman–Crippen MR) is 114 cm³/mol. The van der Waals surface area contributed by atoms with E-state index in [0.717, 1.165) is 18.5 Å². The SMILES string of the molecule is CC(C)NS(=O)(=O)c1cccc(C(=O)N2CCCN(Cc3ccc(F)cc3)CC2)c1.